The van der Waals surface area contributed by atoms with E-state index in [4.69, 9.17) is 11.6 Å². The zero-order chi connectivity index (χ0) is 24.8. The number of rotatable bonds is 4. The summed E-state index contributed by atoms with van der Waals surface area (Å²) in [6, 6.07) is 7.19. The molecule has 0 saturated carbocycles. The van der Waals surface area contributed by atoms with Crippen LogP contribution in [0.1, 0.15) is 16.7 Å². The van der Waals surface area contributed by atoms with Crippen LogP contribution in [-0.4, -0.2) is 48.8 Å². The van der Waals surface area contributed by atoms with Gasteiger partial charge in [-0.2, -0.15) is 13.2 Å². The summed E-state index contributed by atoms with van der Waals surface area (Å²) in [6.45, 7) is 3.74. The Labute approximate surface area is 204 Å². The van der Waals surface area contributed by atoms with E-state index >= 15 is 0 Å². The van der Waals surface area contributed by atoms with E-state index in [2.05, 4.69) is 10.3 Å². The third-order valence-corrected chi connectivity index (χ3v) is 8.70. The first kappa shape index (κ1) is 24.9. The number of fused-ring (bicyclic) bond motifs is 1. The highest BCUT2D eigenvalue weighted by molar-refractivity contribution is 8.14. The quantitative estimate of drug-likeness (QED) is 0.619. The second-order valence-corrected chi connectivity index (χ2v) is 11.8. The Hall–Kier alpha value is -2.24. The van der Waals surface area contributed by atoms with Gasteiger partial charge in [0, 0.05) is 5.69 Å². The average molecular weight is 532 g/mol. The molecule has 34 heavy (non-hydrogen) atoms. The van der Waals surface area contributed by atoms with Gasteiger partial charge < -0.3 is 10.2 Å². The van der Waals surface area contributed by atoms with Crippen molar-refractivity contribution in [3.63, 3.8) is 0 Å². The van der Waals surface area contributed by atoms with Gasteiger partial charge in [0.25, 0.3) is 0 Å². The van der Waals surface area contributed by atoms with E-state index in [9.17, 15) is 26.4 Å². The minimum Gasteiger partial charge on any atom is -0.325 e. The highest BCUT2D eigenvalue weighted by Crippen LogP contribution is 2.41. The number of hydrogen-bond donors (Lipinski definition) is 1. The van der Waals surface area contributed by atoms with Gasteiger partial charge in [-0.1, -0.05) is 41.6 Å². The van der Waals surface area contributed by atoms with Gasteiger partial charge in [0.1, 0.15) is 0 Å². The lowest BCUT2D eigenvalue weighted by Crippen LogP contribution is -2.39. The largest absolute Gasteiger partial charge is 0.416 e. The van der Waals surface area contributed by atoms with E-state index in [0.717, 1.165) is 41.1 Å². The Bertz CT molecular complexity index is 1260. The number of aliphatic imine (C=N–C) groups is 1. The molecule has 12 heteroatoms. The van der Waals surface area contributed by atoms with Crippen LogP contribution in [0, 0.1) is 13.8 Å². The van der Waals surface area contributed by atoms with Crippen molar-refractivity contribution in [2.24, 2.45) is 4.99 Å². The van der Waals surface area contributed by atoms with Crippen LogP contribution in [0.5, 0.6) is 0 Å². The van der Waals surface area contributed by atoms with E-state index < -0.39 is 33.7 Å². The fourth-order valence-corrected chi connectivity index (χ4v) is 7.07. The number of nitrogens with one attached hydrogen (secondary N) is 1. The fourth-order valence-electron chi connectivity index (χ4n) is 4.11. The zero-order valence-corrected chi connectivity index (χ0v) is 20.6. The van der Waals surface area contributed by atoms with E-state index in [-0.39, 0.29) is 39.0 Å². The smallest absolute Gasteiger partial charge is 0.325 e. The molecule has 2 aromatic rings. The van der Waals surface area contributed by atoms with E-state index in [1.807, 2.05) is 32.0 Å². The molecule has 0 aliphatic carbocycles. The second kappa shape index (κ2) is 9.09. The average Bonchev–Trinajstić information content (AvgIpc) is 3.20. The molecule has 0 radical (unpaired) electrons. The third kappa shape index (κ3) is 5.06. The van der Waals surface area contributed by atoms with Crippen LogP contribution in [0.15, 0.2) is 41.4 Å². The zero-order valence-electron chi connectivity index (χ0n) is 18.2. The molecule has 0 bridgehead atoms. The van der Waals surface area contributed by atoms with Crippen molar-refractivity contribution in [1.82, 2.24) is 0 Å². The summed E-state index contributed by atoms with van der Waals surface area (Å²) in [5, 5.41) is 3.16. The molecule has 2 heterocycles. The molecule has 2 aliphatic heterocycles. The first-order valence-corrected chi connectivity index (χ1v) is 13.5. The Morgan fingerprint density at radius 1 is 1.21 bits per heavy atom. The molecule has 2 aromatic carbocycles. The summed E-state index contributed by atoms with van der Waals surface area (Å²) in [5.74, 6) is -0.841. The van der Waals surface area contributed by atoms with Crippen molar-refractivity contribution in [1.29, 1.82) is 0 Å². The molecule has 6 nitrogen and oxygen atoms in total. The normalized spacial score (nSPS) is 21.4. The summed E-state index contributed by atoms with van der Waals surface area (Å²) in [5.41, 5.74) is 1.60. The molecule has 182 valence electrons. The van der Waals surface area contributed by atoms with Crippen LogP contribution < -0.4 is 10.2 Å². The molecule has 2 atom stereocenters. The summed E-state index contributed by atoms with van der Waals surface area (Å²) in [4.78, 5) is 18.5. The molecular weight excluding hydrogens is 511 g/mol. The highest BCUT2D eigenvalue weighted by Gasteiger charge is 2.48. The van der Waals surface area contributed by atoms with Crippen molar-refractivity contribution in [2.75, 3.05) is 27.5 Å². The number of amidine groups is 1. The van der Waals surface area contributed by atoms with Crippen LogP contribution in [0.4, 0.5) is 24.5 Å². The topological polar surface area (TPSA) is 78.8 Å². The Kier molecular flexibility index (Phi) is 6.65. The first-order valence-electron chi connectivity index (χ1n) is 10.3. The number of alkyl halides is 3. The molecule has 0 spiro atoms. The van der Waals surface area contributed by atoms with Gasteiger partial charge in [0.05, 0.1) is 45.6 Å². The van der Waals surface area contributed by atoms with Crippen LogP contribution >= 0.6 is 23.4 Å². The lowest BCUT2D eigenvalue weighted by Gasteiger charge is -2.28. The minimum absolute atomic E-state index is 0.0162. The summed E-state index contributed by atoms with van der Waals surface area (Å²) in [6.07, 6.45) is -4.60. The number of hydrogen-bond acceptors (Lipinski definition) is 6. The lowest BCUT2D eigenvalue weighted by molar-refractivity contribution is -0.137. The number of thioether (sulfide) groups is 1. The van der Waals surface area contributed by atoms with Gasteiger partial charge >= 0.3 is 6.18 Å². The molecule has 1 saturated heterocycles. The Balaban J connectivity index is 1.60. The maximum Gasteiger partial charge on any atom is 0.416 e. The highest BCUT2D eigenvalue weighted by atomic mass is 35.5. The number of carbonyl (C=O) groups excluding carboxylic acids is 1. The minimum atomic E-state index is -4.60. The van der Waals surface area contributed by atoms with Gasteiger partial charge in [0.15, 0.2) is 15.0 Å². The van der Waals surface area contributed by atoms with Gasteiger partial charge in [0.2, 0.25) is 5.91 Å². The standard InChI is InChI=1S/C22H21ClF3N3O3S2/c1-12-4-3-5-13(2)20(12)28-19(30)9-33-21-27-16-10-34(31,32)11-18(16)29(21)17-8-14(22(24,25)26)6-7-15(17)23/h3-8,16,18H,9-11H2,1-2H3,(H,28,30). The van der Waals surface area contributed by atoms with Crippen molar-refractivity contribution in [3.8, 4) is 0 Å². The van der Waals surface area contributed by atoms with Crippen LogP contribution in [-0.2, 0) is 20.8 Å². The molecule has 2 unspecified atom stereocenters. The van der Waals surface area contributed by atoms with Gasteiger partial charge in [-0.05, 0) is 43.2 Å². The van der Waals surface area contributed by atoms with Crippen molar-refractivity contribution in [3.05, 3.63) is 58.1 Å². The number of para-hydroxylation sites is 1. The van der Waals surface area contributed by atoms with Crippen LogP contribution in [0.3, 0.4) is 0 Å². The van der Waals surface area contributed by atoms with Crippen molar-refractivity contribution < 1.29 is 26.4 Å². The predicted molar refractivity (Wildman–Crippen MR) is 130 cm³/mol. The number of anilines is 2. The van der Waals surface area contributed by atoms with Gasteiger partial charge in [-0.25, -0.2) is 8.42 Å². The fraction of sp³-hybridized carbons (Fsp3) is 0.364. The summed E-state index contributed by atoms with van der Waals surface area (Å²) >= 11 is 7.29. The van der Waals surface area contributed by atoms with Crippen molar-refractivity contribution >= 4 is 55.6 Å². The van der Waals surface area contributed by atoms with E-state index in [1.54, 1.807) is 0 Å². The lowest BCUT2D eigenvalue weighted by atomic mass is 10.1. The number of sulfone groups is 1. The number of nitrogens with zero attached hydrogens (tertiary/aromatic N) is 2. The maximum atomic E-state index is 13.4. The van der Waals surface area contributed by atoms with E-state index in [0.29, 0.717) is 5.69 Å². The Morgan fingerprint density at radius 3 is 2.53 bits per heavy atom. The van der Waals surface area contributed by atoms with Crippen LogP contribution in [0.25, 0.3) is 0 Å². The monoisotopic (exact) mass is 531 g/mol. The second-order valence-electron chi connectivity index (χ2n) is 8.26. The molecule has 1 fully saturated rings. The molecule has 2 aliphatic rings. The van der Waals surface area contributed by atoms with Crippen molar-refractivity contribution in [2.45, 2.75) is 32.1 Å². The molecule has 4 rings (SSSR count). The van der Waals surface area contributed by atoms with Gasteiger partial charge in [-0.3, -0.25) is 9.79 Å². The molecule has 1 N–H and O–H groups in total. The predicted octanol–water partition coefficient (Wildman–Crippen LogP) is 4.69. The van der Waals surface area contributed by atoms with E-state index in [1.165, 1.54) is 4.90 Å². The number of amides is 1. The first-order chi connectivity index (χ1) is 15.9. The summed E-state index contributed by atoms with van der Waals surface area (Å²) in [7, 11) is -3.41. The number of benzene rings is 2. The molecular formula is C22H21ClF3N3O3S2. The maximum absolute atomic E-state index is 13.4. The van der Waals surface area contributed by atoms with Gasteiger partial charge in [-0.15, -0.1) is 0 Å². The summed E-state index contributed by atoms with van der Waals surface area (Å²) < 4.78 is 64.4. The third-order valence-electron chi connectivity index (χ3n) is 5.72. The number of halogens is 4. The van der Waals surface area contributed by atoms with Crippen LogP contribution in [0.2, 0.25) is 5.02 Å². The molecule has 1 amide bonds. The number of aryl methyl sites for hydroxylation is 2. The molecule has 0 aromatic heterocycles. The number of carbonyl (C=O) groups is 1. The Morgan fingerprint density at radius 2 is 1.88 bits per heavy atom. The SMILES string of the molecule is Cc1cccc(C)c1NC(=O)CSC1=NC2CS(=O)(=O)CC2N1c1cc(C(F)(F)F)ccc1Cl.